The van der Waals surface area contributed by atoms with Crippen LogP contribution < -0.4 is 5.32 Å². The summed E-state index contributed by atoms with van der Waals surface area (Å²) in [5, 5.41) is 6.69. The van der Waals surface area contributed by atoms with Crippen LogP contribution in [0.5, 0.6) is 0 Å². The van der Waals surface area contributed by atoms with E-state index in [0.29, 0.717) is 35.4 Å². The highest BCUT2D eigenvalue weighted by Crippen LogP contribution is 2.40. The van der Waals surface area contributed by atoms with E-state index >= 15 is 0 Å². The number of hydrogen-bond donors (Lipinski definition) is 1. The lowest BCUT2D eigenvalue weighted by Gasteiger charge is -2.20. The van der Waals surface area contributed by atoms with Gasteiger partial charge in [-0.2, -0.15) is 13.2 Å². The van der Waals surface area contributed by atoms with Crippen molar-refractivity contribution in [2.45, 2.75) is 32.0 Å². The molecule has 0 bridgehead atoms. The molecule has 1 aromatic carbocycles. The number of carbonyl (C=O) groups excluding carboxylic acids is 1. The smallest absolute Gasteiger partial charge is 0.356 e. The fraction of sp³-hybridized carbons (Fsp3) is 0.300. The van der Waals surface area contributed by atoms with Crippen molar-refractivity contribution in [3.05, 3.63) is 48.2 Å². The molecule has 5 rings (SSSR count). The second-order valence-electron chi connectivity index (χ2n) is 7.45. The summed E-state index contributed by atoms with van der Waals surface area (Å²) in [4.78, 5) is 21.2. The van der Waals surface area contributed by atoms with Gasteiger partial charge >= 0.3 is 6.18 Å². The first kappa shape index (κ1) is 18.6. The van der Waals surface area contributed by atoms with Crippen molar-refractivity contribution in [2.75, 3.05) is 0 Å². The number of carbonyl (C=O) groups is 1. The Morgan fingerprint density at radius 2 is 2.13 bits per heavy atom. The maximum absolute atomic E-state index is 13.3. The molecule has 154 valence electrons. The third kappa shape index (κ3) is 3.08. The van der Waals surface area contributed by atoms with Crippen LogP contribution in [-0.4, -0.2) is 37.7 Å². The Morgan fingerprint density at radius 3 is 2.87 bits per heavy atom. The zero-order valence-corrected chi connectivity index (χ0v) is 15.8. The molecule has 1 unspecified atom stereocenters. The second kappa shape index (κ2) is 6.54. The molecule has 0 aliphatic heterocycles. The molecule has 3 aromatic heterocycles. The standard InChI is InChI=1S/C20H16F3N5O2/c1-10-7-14(13-4-2-3-12-8-25-30-16(12)13)26-18-15(24-9-28(10)18)19(29)27-17(11-5-6-11)20(21,22)23/h2-4,7-9,11,17H,5-6H2,1H3,(H,27,29). The summed E-state index contributed by atoms with van der Waals surface area (Å²) in [5.41, 5.74) is 2.44. The van der Waals surface area contributed by atoms with E-state index < -0.39 is 24.0 Å². The number of aryl methyl sites for hydroxylation is 1. The first-order valence-corrected chi connectivity index (χ1v) is 9.39. The SMILES string of the molecule is Cc1cc(-c2cccc3cnoc23)nc2c(C(=O)NC(C3CC3)C(F)(F)F)ncn12. The van der Waals surface area contributed by atoms with Gasteiger partial charge in [-0.25, -0.2) is 9.97 Å². The normalized spacial score (nSPS) is 15.6. The van der Waals surface area contributed by atoms with Crippen LogP contribution in [0.15, 0.2) is 41.3 Å². The lowest BCUT2D eigenvalue weighted by Crippen LogP contribution is -2.47. The van der Waals surface area contributed by atoms with Crippen molar-refractivity contribution >= 4 is 22.5 Å². The lowest BCUT2D eigenvalue weighted by molar-refractivity contribution is -0.158. The molecule has 10 heteroatoms. The molecular weight excluding hydrogens is 399 g/mol. The van der Waals surface area contributed by atoms with Gasteiger partial charge in [0.25, 0.3) is 5.91 Å². The highest BCUT2D eigenvalue weighted by Gasteiger charge is 2.50. The Morgan fingerprint density at radius 1 is 1.33 bits per heavy atom. The van der Waals surface area contributed by atoms with Crippen LogP contribution in [0.4, 0.5) is 13.2 Å². The number of alkyl halides is 3. The van der Waals surface area contributed by atoms with E-state index in [1.807, 2.05) is 12.1 Å². The topological polar surface area (TPSA) is 85.3 Å². The van der Waals surface area contributed by atoms with Gasteiger partial charge in [0, 0.05) is 16.6 Å². The van der Waals surface area contributed by atoms with Gasteiger partial charge in [0.15, 0.2) is 16.9 Å². The highest BCUT2D eigenvalue weighted by atomic mass is 19.4. The van der Waals surface area contributed by atoms with Crippen LogP contribution in [0.3, 0.4) is 0 Å². The van der Waals surface area contributed by atoms with Crippen LogP contribution in [0.25, 0.3) is 27.9 Å². The summed E-state index contributed by atoms with van der Waals surface area (Å²) in [6.07, 6.45) is -0.667. The van der Waals surface area contributed by atoms with Gasteiger partial charge in [-0.15, -0.1) is 0 Å². The average molecular weight is 415 g/mol. The third-order valence-electron chi connectivity index (χ3n) is 5.30. The number of nitrogens with zero attached hydrogens (tertiary/aromatic N) is 4. The molecule has 1 atom stereocenters. The van der Waals surface area contributed by atoms with Gasteiger partial charge < -0.3 is 9.84 Å². The monoisotopic (exact) mass is 415 g/mol. The van der Waals surface area contributed by atoms with Crippen molar-refractivity contribution in [3.8, 4) is 11.3 Å². The Balaban J connectivity index is 1.57. The molecule has 1 saturated carbocycles. The summed E-state index contributed by atoms with van der Waals surface area (Å²) in [5.74, 6) is -1.48. The number of halogens is 3. The third-order valence-corrected chi connectivity index (χ3v) is 5.30. The van der Waals surface area contributed by atoms with Gasteiger partial charge in [-0.05, 0) is 43.9 Å². The molecule has 0 spiro atoms. The summed E-state index contributed by atoms with van der Waals surface area (Å²) >= 11 is 0. The van der Waals surface area contributed by atoms with Crippen molar-refractivity contribution < 1.29 is 22.5 Å². The van der Waals surface area contributed by atoms with E-state index in [1.54, 1.807) is 29.7 Å². The van der Waals surface area contributed by atoms with Crippen LogP contribution >= 0.6 is 0 Å². The number of aromatic nitrogens is 4. The number of fused-ring (bicyclic) bond motifs is 2. The van der Waals surface area contributed by atoms with Crippen molar-refractivity contribution in [1.82, 2.24) is 24.8 Å². The molecule has 1 N–H and O–H groups in total. The van der Waals surface area contributed by atoms with Crippen LogP contribution in [0.1, 0.15) is 29.0 Å². The molecule has 1 aliphatic rings. The number of imidazole rings is 1. The number of hydrogen-bond acceptors (Lipinski definition) is 5. The number of benzene rings is 1. The molecule has 1 amide bonds. The molecule has 30 heavy (non-hydrogen) atoms. The van der Waals surface area contributed by atoms with Crippen molar-refractivity contribution in [1.29, 1.82) is 0 Å². The molecular formula is C20H16F3N5O2. The number of para-hydroxylation sites is 1. The van der Waals surface area contributed by atoms with E-state index in [4.69, 9.17) is 4.52 Å². The summed E-state index contributed by atoms with van der Waals surface area (Å²) in [6, 6.07) is 5.37. The summed E-state index contributed by atoms with van der Waals surface area (Å²) in [6.45, 7) is 1.80. The van der Waals surface area contributed by atoms with Gasteiger partial charge in [0.05, 0.1) is 11.9 Å². The Labute approximate surface area is 167 Å². The maximum atomic E-state index is 13.3. The van der Waals surface area contributed by atoms with Gasteiger partial charge in [0.1, 0.15) is 12.4 Å². The van der Waals surface area contributed by atoms with E-state index in [2.05, 4.69) is 20.4 Å². The van der Waals surface area contributed by atoms with E-state index in [-0.39, 0.29) is 11.3 Å². The molecule has 1 aliphatic carbocycles. The summed E-state index contributed by atoms with van der Waals surface area (Å²) < 4.78 is 46.9. The van der Waals surface area contributed by atoms with Gasteiger partial charge in [-0.1, -0.05) is 11.2 Å². The molecule has 3 heterocycles. The largest absolute Gasteiger partial charge is 0.408 e. The molecule has 4 aromatic rings. The second-order valence-corrected chi connectivity index (χ2v) is 7.45. The lowest BCUT2D eigenvalue weighted by atomic mass is 10.1. The predicted octanol–water partition coefficient (Wildman–Crippen LogP) is 3.92. The van der Waals surface area contributed by atoms with E-state index in [1.165, 1.54) is 6.33 Å². The zero-order valence-electron chi connectivity index (χ0n) is 15.8. The maximum Gasteiger partial charge on any atom is 0.408 e. The van der Waals surface area contributed by atoms with Crippen molar-refractivity contribution in [2.24, 2.45) is 5.92 Å². The molecule has 7 nitrogen and oxygen atoms in total. The minimum absolute atomic E-state index is 0.153. The van der Waals surface area contributed by atoms with E-state index in [0.717, 1.165) is 5.39 Å². The minimum atomic E-state index is -4.51. The highest BCUT2D eigenvalue weighted by molar-refractivity contribution is 5.99. The zero-order chi connectivity index (χ0) is 21.0. The molecule has 0 saturated heterocycles. The number of rotatable bonds is 4. The first-order valence-electron chi connectivity index (χ1n) is 9.39. The average Bonchev–Trinajstić information content (AvgIpc) is 3.23. The predicted molar refractivity (Wildman–Crippen MR) is 101 cm³/mol. The van der Waals surface area contributed by atoms with Gasteiger partial charge in [0.2, 0.25) is 0 Å². The Hall–Kier alpha value is -3.43. The molecule has 1 fully saturated rings. The minimum Gasteiger partial charge on any atom is -0.356 e. The van der Waals surface area contributed by atoms with Crippen LogP contribution in [-0.2, 0) is 0 Å². The van der Waals surface area contributed by atoms with Crippen molar-refractivity contribution in [3.63, 3.8) is 0 Å². The fourth-order valence-corrected chi connectivity index (χ4v) is 3.62. The molecule has 0 radical (unpaired) electrons. The Kier molecular flexibility index (Phi) is 4.05. The number of amides is 1. The van der Waals surface area contributed by atoms with Gasteiger partial charge in [-0.3, -0.25) is 9.20 Å². The number of nitrogens with one attached hydrogen (secondary N) is 1. The first-order chi connectivity index (χ1) is 14.3. The summed E-state index contributed by atoms with van der Waals surface area (Å²) in [7, 11) is 0. The van der Waals surface area contributed by atoms with Crippen LogP contribution in [0.2, 0.25) is 0 Å². The Bertz CT molecular complexity index is 1270. The quantitative estimate of drug-likeness (QED) is 0.546. The van der Waals surface area contributed by atoms with Crippen LogP contribution in [0, 0.1) is 12.8 Å². The van der Waals surface area contributed by atoms with E-state index in [9.17, 15) is 18.0 Å². The fourth-order valence-electron chi connectivity index (χ4n) is 3.62.